The maximum Gasteiger partial charge on any atom is 0.221 e. The fourth-order valence-electron chi connectivity index (χ4n) is 2.43. The van der Waals surface area contributed by atoms with Crippen molar-refractivity contribution in [3.8, 4) is 5.75 Å². The molecule has 0 bridgehead atoms. The van der Waals surface area contributed by atoms with Gasteiger partial charge in [0, 0.05) is 19.2 Å². The van der Waals surface area contributed by atoms with Crippen molar-refractivity contribution in [2.24, 2.45) is 5.92 Å². The third-order valence-corrected chi connectivity index (χ3v) is 4.11. The van der Waals surface area contributed by atoms with E-state index in [2.05, 4.69) is 29.8 Å². The number of anilines is 2. The highest BCUT2D eigenvalue weighted by Gasteiger charge is 2.09. The number of nitrogens with one attached hydrogen (secondary N) is 3. The molecule has 0 fully saturated rings. The summed E-state index contributed by atoms with van der Waals surface area (Å²) in [5, 5.41) is 9.75. The highest BCUT2D eigenvalue weighted by atomic mass is 32.1. The maximum atomic E-state index is 11.2. The molecule has 134 valence electrons. The van der Waals surface area contributed by atoms with Crippen molar-refractivity contribution in [2.45, 2.75) is 46.5 Å². The molecule has 1 aromatic rings. The van der Waals surface area contributed by atoms with Crippen molar-refractivity contribution in [3.63, 3.8) is 0 Å². The third kappa shape index (κ3) is 7.17. The molecule has 3 N–H and O–H groups in total. The molecule has 0 spiro atoms. The number of unbranched alkanes of at least 4 members (excludes halogenated alkanes) is 1. The lowest BCUT2D eigenvalue weighted by Gasteiger charge is -2.18. The highest BCUT2D eigenvalue weighted by Crippen LogP contribution is 2.27. The van der Waals surface area contributed by atoms with Crippen molar-refractivity contribution >= 4 is 34.6 Å². The smallest absolute Gasteiger partial charge is 0.221 e. The highest BCUT2D eigenvalue weighted by molar-refractivity contribution is 7.80. The summed E-state index contributed by atoms with van der Waals surface area (Å²) in [5.41, 5.74) is 1.42. The van der Waals surface area contributed by atoms with E-state index in [-0.39, 0.29) is 5.91 Å². The Hall–Kier alpha value is -1.82. The normalized spacial score (nSPS) is 11.5. The standard InChI is InChI=1S/C18H29N3O2S/c1-5-7-8-14(6-2)12-19-18(24)21-16-11-15(20-13(3)22)9-10-17(16)23-4/h9-11,14H,5-8,12H2,1-4H3,(H,20,22)(H2,19,21,24)/t14-/m1/s1. The molecule has 0 unspecified atom stereocenters. The van der Waals surface area contributed by atoms with Gasteiger partial charge in [0.15, 0.2) is 5.11 Å². The Labute approximate surface area is 150 Å². The van der Waals surface area contributed by atoms with Gasteiger partial charge in [-0.2, -0.15) is 0 Å². The van der Waals surface area contributed by atoms with Crippen molar-refractivity contribution < 1.29 is 9.53 Å². The number of ether oxygens (including phenoxy) is 1. The fourth-order valence-corrected chi connectivity index (χ4v) is 2.63. The van der Waals surface area contributed by atoms with E-state index < -0.39 is 0 Å². The van der Waals surface area contributed by atoms with Gasteiger partial charge in [0.1, 0.15) is 5.75 Å². The van der Waals surface area contributed by atoms with Crippen LogP contribution in [0.25, 0.3) is 0 Å². The zero-order chi connectivity index (χ0) is 17.9. The minimum absolute atomic E-state index is 0.117. The van der Waals surface area contributed by atoms with E-state index in [1.54, 1.807) is 19.2 Å². The summed E-state index contributed by atoms with van der Waals surface area (Å²) < 4.78 is 5.34. The van der Waals surface area contributed by atoms with Gasteiger partial charge in [0.25, 0.3) is 0 Å². The van der Waals surface area contributed by atoms with Crippen LogP contribution >= 0.6 is 12.2 Å². The zero-order valence-corrected chi connectivity index (χ0v) is 15.9. The number of amides is 1. The maximum absolute atomic E-state index is 11.2. The second kappa shape index (κ2) is 10.9. The van der Waals surface area contributed by atoms with Gasteiger partial charge in [-0.25, -0.2) is 0 Å². The number of hydrogen-bond donors (Lipinski definition) is 3. The van der Waals surface area contributed by atoms with Gasteiger partial charge in [-0.05, 0) is 42.8 Å². The molecule has 0 saturated carbocycles. The number of rotatable bonds is 9. The minimum Gasteiger partial charge on any atom is -0.495 e. The molecule has 1 amide bonds. The topological polar surface area (TPSA) is 62.4 Å². The predicted octanol–water partition coefficient (Wildman–Crippen LogP) is 4.16. The van der Waals surface area contributed by atoms with E-state index in [0.717, 1.165) is 18.7 Å². The van der Waals surface area contributed by atoms with Crippen LogP contribution in [-0.4, -0.2) is 24.7 Å². The molecule has 6 heteroatoms. The van der Waals surface area contributed by atoms with E-state index in [9.17, 15) is 4.79 Å². The number of methoxy groups -OCH3 is 1. The molecule has 0 aliphatic heterocycles. The van der Waals surface area contributed by atoms with Gasteiger partial charge in [0.2, 0.25) is 5.91 Å². The Balaban J connectivity index is 2.65. The molecule has 1 atom stereocenters. The first-order valence-corrected chi connectivity index (χ1v) is 8.91. The van der Waals surface area contributed by atoms with E-state index in [4.69, 9.17) is 17.0 Å². The molecular weight excluding hydrogens is 322 g/mol. The molecule has 0 heterocycles. The first-order valence-electron chi connectivity index (χ1n) is 8.50. The average Bonchev–Trinajstić information content (AvgIpc) is 2.55. The number of thiocarbonyl (C=S) groups is 1. The van der Waals surface area contributed by atoms with Crippen LogP contribution in [0.5, 0.6) is 5.75 Å². The molecule has 1 rings (SSSR count). The lowest BCUT2D eigenvalue weighted by Crippen LogP contribution is -2.32. The van der Waals surface area contributed by atoms with E-state index >= 15 is 0 Å². The molecule has 0 radical (unpaired) electrons. The average molecular weight is 352 g/mol. The van der Waals surface area contributed by atoms with Crippen molar-refractivity contribution in [1.29, 1.82) is 0 Å². The van der Waals surface area contributed by atoms with Crippen molar-refractivity contribution in [3.05, 3.63) is 18.2 Å². The summed E-state index contributed by atoms with van der Waals surface area (Å²) in [7, 11) is 1.60. The van der Waals surface area contributed by atoms with Crippen LogP contribution < -0.4 is 20.7 Å². The molecule has 0 saturated heterocycles. The van der Waals surface area contributed by atoms with Gasteiger partial charge in [-0.15, -0.1) is 0 Å². The second-order valence-corrected chi connectivity index (χ2v) is 6.26. The fraction of sp³-hybridized carbons (Fsp3) is 0.556. The zero-order valence-electron chi connectivity index (χ0n) is 15.1. The van der Waals surface area contributed by atoms with Crippen LogP contribution in [0.15, 0.2) is 18.2 Å². The van der Waals surface area contributed by atoms with Crippen molar-refractivity contribution in [1.82, 2.24) is 5.32 Å². The molecule has 0 aliphatic carbocycles. The van der Waals surface area contributed by atoms with Crippen LogP contribution in [-0.2, 0) is 4.79 Å². The van der Waals surface area contributed by atoms with Crippen molar-refractivity contribution in [2.75, 3.05) is 24.3 Å². The van der Waals surface area contributed by atoms with E-state index in [0.29, 0.717) is 22.5 Å². The van der Waals surface area contributed by atoms with Crippen LogP contribution in [0.4, 0.5) is 11.4 Å². The van der Waals surface area contributed by atoms with Gasteiger partial charge in [-0.1, -0.05) is 33.1 Å². The van der Waals surface area contributed by atoms with Crippen LogP contribution in [0.2, 0.25) is 0 Å². The van der Waals surface area contributed by atoms with Gasteiger partial charge in [-0.3, -0.25) is 4.79 Å². The number of hydrogen-bond acceptors (Lipinski definition) is 3. The quantitative estimate of drug-likeness (QED) is 0.583. The Morgan fingerprint density at radius 1 is 1.29 bits per heavy atom. The molecular formula is C18H29N3O2S. The van der Waals surface area contributed by atoms with Gasteiger partial charge in [0.05, 0.1) is 12.8 Å². The second-order valence-electron chi connectivity index (χ2n) is 5.85. The summed E-state index contributed by atoms with van der Waals surface area (Å²) in [4.78, 5) is 11.2. The number of benzene rings is 1. The molecule has 24 heavy (non-hydrogen) atoms. The molecule has 1 aromatic carbocycles. The lowest BCUT2D eigenvalue weighted by atomic mass is 9.99. The minimum atomic E-state index is -0.117. The molecule has 5 nitrogen and oxygen atoms in total. The Morgan fingerprint density at radius 3 is 2.62 bits per heavy atom. The Kier molecular flexibility index (Phi) is 9.15. The summed E-state index contributed by atoms with van der Waals surface area (Å²) in [6, 6.07) is 5.40. The summed E-state index contributed by atoms with van der Waals surface area (Å²) in [5.74, 6) is 1.18. The number of carbonyl (C=O) groups is 1. The van der Waals surface area contributed by atoms with Crippen LogP contribution in [0.1, 0.15) is 46.5 Å². The van der Waals surface area contributed by atoms with E-state index in [1.165, 1.54) is 26.2 Å². The first-order chi connectivity index (χ1) is 11.5. The predicted molar refractivity (Wildman–Crippen MR) is 105 cm³/mol. The largest absolute Gasteiger partial charge is 0.495 e. The van der Waals surface area contributed by atoms with Crippen LogP contribution in [0, 0.1) is 5.92 Å². The van der Waals surface area contributed by atoms with E-state index in [1.807, 2.05) is 6.07 Å². The number of carbonyl (C=O) groups excluding carboxylic acids is 1. The molecule has 0 aliphatic rings. The van der Waals surface area contributed by atoms with Gasteiger partial charge < -0.3 is 20.7 Å². The van der Waals surface area contributed by atoms with Crippen LogP contribution in [0.3, 0.4) is 0 Å². The Bertz CT molecular complexity index is 549. The third-order valence-electron chi connectivity index (χ3n) is 3.86. The summed E-state index contributed by atoms with van der Waals surface area (Å²) >= 11 is 5.39. The first kappa shape index (κ1) is 20.2. The molecule has 0 aromatic heterocycles. The summed E-state index contributed by atoms with van der Waals surface area (Å²) in [6.45, 7) is 6.75. The monoisotopic (exact) mass is 351 g/mol. The summed E-state index contributed by atoms with van der Waals surface area (Å²) in [6.07, 6.45) is 4.81. The lowest BCUT2D eigenvalue weighted by molar-refractivity contribution is -0.114. The Morgan fingerprint density at radius 2 is 2.04 bits per heavy atom. The van der Waals surface area contributed by atoms with Gasteiger partial charge >= 0.3 is 0 Å². The SMILES string of the molecule is CCCC[C@@H](CC)CNC(=S)Nc1cc(NC(C)=O)ccc1OC.